The summed E-state index contributed by atoms with van der Waals surface area (Å²) in [6.45, 7) is 3.88. The number of hydrogen-bond donors (Lipinski definition) is 3. The molecule has 3 N–H and O–H groups in total. The van der Waals surface area contributed by atoms with Crippen molar-refractivity contribution in [1.82, 2.24) is 19.7 Å². The van der Waals surface area contributed by atoms with E-state index in [9.17, 15) is 14.7 Å². The Balaban J connectivity index is 2.24. The molecule has 24 heavy (non-hydrogen) atoms. The summed E-state index contributed by atoms with van der Waals surface area (Å²) in [4.78, 5) is 31.4. The number of rotatable bonds is 2. The minimum Gasteiger partial charge on any atom is -0.508 e. The van der Waals surface area contributed by atoms with Gasteiger partial charge in [0.15, 0.2) is 11.3 Å². The number of fused-ring (bicyclic) bond motifs is 2. The number of pyridine rings is 1. The lowest BCUT2D eigenvalue weighted by Gasteiger charge is -2.09. The molecule has 4 rings (SSSR count). The van der Waals surface area contributed by atoms with E-state index in [0.29, 0.717) is 26.9 Å². The fraction of sp³-hybridized carbons (Fsp3) is 0.188. The monoisotopic (exact) mass is 342 g/mol. The van der Waals surface area contributed by atoms with Gasteiger partial charge in [0.05, 0.1) is 10.1 Å². The molecule has 0 bridgehead atoms. The molecule has 0 unspecified atom stereocenters. The summed E-state index contributed by atoms with van der Waals surface area (Å²) in [5, 5.41) is 12.8. The summed E-state index contributed by atoms with van der Waals surface area (Å²) in [7, 11) is 0. The van der Waals surface area contributed by atoms with Crippen LogP contribution < -0.4 is 10.4 Å². The van der Waals surface area contributed by atoms with Crippen molar-refractivity contribution < 1.29 is 5.11 Å². The quantitative estimate of drug-likeness (QED) is 0.521. The number of H-pyrrole nitrogens is 2. The molecule has 4 aromatic rings. The third-order valence-electron chi connectivity index (χ3n) is 3.90. The second kappa shape index (κ2) is 5.07. The van der Waals surface area contributed by atoms with Gasteiger partial charge in [0.1, 0.15) is 5.75 Å². The van der Waals surface area contributed by atoms with Crippen molar-refractivity contribution in [2.24, 2.45) is 0 Å². The molecule has 3 aromatic heterocycles. The number of aromatic hydroxyl groups is 1. The molecule has 0 aliphatic heterocycles. The zero-order valence-corrected chi connectivity index (χ0v) is 13.8. The van der Waals surface area contributed by atoms with Gasteiger partial charge in [-0.25, -0.2) is 4.98 Å². The van der Waals surface area contributed by atoms with Crippen LogP contribution in [-0.2, 0) is 0 Å². The third-order valence-corrected chi connectivity index (χ3v) is 4.79. The second-order valence-corrected chi connectivity index (χ2v) is 6.81. The number of benzene rings is 1. The topological polar surface area (TPSA) is 104 Å². The molecule has 0 saturated carbocycles. The lowest BCUT2D eigenvalue weighted by Crippen LogP contribution is -2.08. The molecule has 0 radical (unpaired) electrons. The lowest BCUT2D eigenvalue weighted by atomic mass is 10.0. The zero-order valence-electron chi connectivity index (χ0n) is 13.0. The first-order valence-corrected chi connectivity index (χ1v) is 8.24. The molecule has 3 heterocycles. The SMILES string of the molecule is CC(C)n1[nH]c(=O)c2c(-c3ccc(O)cc3)c3sc(=O)[nH]c3nc21. The van der Waals surface area contributed by atoms with Gasteiger partial charge in [0.25, 0.3) is 5.56 Å². The van der Waals surface area contributed by atoms with E-state index in [2.05, 4.69) is 15.1 Å². The Hall–Kier alpha value is -2.87. The molecule has 0 spiro atoms. The Morgan fingerprint density at radius 1 is 1.21 bits per heavy atom. The van der Waals surface area contributed by atoms with E-state index >= 15 is 0 Å². The molecular formula is C16H14N4O3S. The van der Waals surface area contributed by atoms with Gasteiger partial charge in [-0.15, -0.1) is 0 Å². The normalized spacial score (nSPS) is 11.8. The molecule has 0 aliphatic rings. The number of hydrogen-bond acceptors (Lipinski definition) is 5. The summed E-state index contributed by atoms with van der Waals surface area (Å²) < 4.78 is 2.32. The van der Waals surface area contributed by atoms with Crippen molar-refractivity contribution in [3.63, 3.8) is 0 Å². The van der Waals surface area contributed by atoms with Gasteiger partial charge in [-0.05, 0) is 31.5 Å². The van der Waals surface area contributed by atoms with Crippen molar-refractivity contribution in [2.75, 3.05) is 0 Å². The van der Waals surface area contributed by atoms with E-state index in [-0.39, 0.29) is 22.2 Å². The fourth-order valence-corrected chi connectivity index (χ4v) is 3.69. The highest BCUT2D eigenvalue weighted by molar-refractivity contribution is 7.17. The van der Waals surface area contributed by atoms with Crippen molar-refractivity contribution in [3.05, 3.63) is 44.3 Å². The smallest absolute Gasteiger partial charge is 0.306 e. The van der Waals surface area contributed by atoms with Crippen LogP contribution >= 0.6 is 11.3 Å². The molecule has 8 heteroatoms. The number of nitrogens with zero attached hydrogens (tertiary/aromatic N) is 2. The molecule has 0 atom stereocenters. The van der Waals surface area contributed by atoms with Gasteiger partial charge >= 0.3 is 4.87 Å². The average Bonchev–Trinajstić information content (AvgIpc) is 3.06. The maximum absolute atomic E-state index is 12.6. The molecule has 0 fully saturated rings. The highest BCUT2D eigenvalue weighted by Gasteiger charge is 2.21. The number of phenolic OH excluding ortho intramolecular Hbond substituents is 1. The van der Waals surface area contributed by atoms with Crippen LogP contribution in [0.25, 0.3) is 32.5 Å². The Morgan fingerprint density at radius 3 is 2.58 bits per heavy atom. The summed E-state index contributed by atoms with van der Waals surface area (Å²) >= 11 is 1.02. The van der Waals surface area contributed by atoms with Crippen LogP contribution in [0.15, 0.2) is 33.9 Å². The van der Waals surface area contributed by atoms with E-state index in [0.717, 1.165) is 16.9 Å². The standard InChI is InChI=1S/C16H14N4O3S/c1-7(2)20-14-11(15(22)19-20)10(8-3-5-9(21)6-4-8)12-13(17-14)18-16(23)24-12/h3-7,21H,1-2H3,(H,19,22)(H,17,18,23). The minimum atomic E-state index is -0.253. The van der Waals surface area contributed by atoms with Gasteiger partial charge in [0, 0.05) is 11.6 Å². The van der Waals surface area contributed by atoms with Gasteiger partial charge in [0.2, 0.25) is 0 Å². The highest BCUT2D eigenvalue weighted by Crippen LogP contribution is 2.35. The fourth-order valence-electron chi connectivity index (χ4n) is 2.84. The first-order valence-electron chi connectivity index (χ1n) is 7.42. The Kier molecular flexibility index (Phi) is 3.10. The van der Waals surface area contributed by atoms with Crippen molar-refractivity contribution in [1.29, 1.82) is 0 Å². The Morgan fingerprint density at radius 2 is 1.92 bits per heavy atom. The molecule has 0 amide bonds. The van der Waals surface area contributed by atoms with Crippen molar-refractivity contribution >= 4 is 32.7 Å². The zero-order chi connectivity index (χ0) is 17.0. The Bertz CT molecular complexity index is 1180. The molecular weight excluding hydrogens is 328 g/mol. The lowest BCUT2D eigenvalue weighted by molar-refractivity contribution is 0.475. The number of nitrogens with one attached hydrogen (secondary N) is 2. The molecule has 1 aromatic carbocycles. The number of aromatic amines is 2. The maximum Gasteiger partial charge on any atom is 0.306 e. The molecule has 0 aliphatic carbocycles. The molecule has 122 valence electrons. The maximum atomic E-state index is 12.6. The van der Waals surface area contributed by atoms with E-state index in [1.807, 2.05) is 13.8 Å². The third kappa shape index (κ3) is 2.07. The van der Waals surface area contributed by atoms with E-state index in [1.165, 1.54) is 0 Å². The predicted molar refractivity (Wildman–Crippen MR) is 93.8 cm³/mol. The summed E-state index contributed by atoms with van der Waals surface area (Å²) in [5.74, 6) is 0.135. The van der Waals surface area contributed by atoms with Crippen LogP contribution in [-0.4, -0.2) is 24.9 Å². The van der Waals surface area contributed by atoms with Gasteiger partial charge in [-0.3, -0.25) is 24.4 Å². The van der Waals surface area contributed by atoms with Crippen LogP contribution in [0.2, 0.25) is 0 Å². The van der Waals surface area contributed by atoms with E-state index in [4.69, 9.17) is 0 Å². The minimum absolute atomic E-state index is 0.0122. The number of phenols is 1. The van der Waals surface area contributed by atoms with Crippen LogP contribution in [0.3, 0.4) is 0 Å². The van der Waals surface area contributed by atoms with Crippen LogP contribution in [0.5, 0.6) is 5.75 Å². The predicted octanol–water partition coefficient (Wildman–Crippen LogP) is 2.58. The average molecular weight is 342 g/mol. The summed E-state index contributed by atoms with van der Waals surface area (Å²) in [5.41, 5.74) is 2.09. The van der Waals surface area contributed by atoms with E-state index < -0.39 is 0 Å². The van der Waals surface area contributed by atoms with E-state index in [1.54, 1.807) is 28.9 Å². The second-order valence-electron chi connectivity index (χ2n) is 5.83. The molecule has 0 saturated heterocycles. The number of aromatic nitrogens is 4. The first kappa shape index (κ1) is 14.7. The van der Waals surface area contributed by atoms with Crippen molar-refractivity contribution in [2.45, 2.75) is 19.9 Å². The summed E-state index contributed by atoms with van der Waals surface area (Å²) in [6, 6.07) is 6.56. The number of thiazole rings is 1. The highest BCUT2D eigenvalue weighted by atomic mass is 32.1. The summed E-state index contributed by atoms with van der Waals surface area (Å²) in [6.07, 6.45) is 0. The van der Waals surface area contributed by atoms with Crippen LogP contribution in [0.4, 0.5) is 0 Å². The van der Waals surface area contributed by atoms with Gasteiger partial charge < -0.3 is 5.11 Å². The van der Waals surface area contributed by atoms with Gasteiger partial charge in [-0.2, -0.15) is 0 Å². The van der Waals surface area contributed by atoms with Crippen molar-refractivity contribution in [3.8, 4) is 16.9 Å². The van der Waals surface area contributed by atoms with Crippen LogP contribution in [0, 0.1) is 0 Å². The first-order chi connectivity index (χ1) is 11.5. The Labute approximate surface area is 139 Å². The van der Waals surface area contributed by atoms with Crippen LogP contribution in [0.1, 0.15) is 19.9 Å². The molecule has 7 nitrogen and oxygen atoms in total. The largest absolute Gasteiger partial charge is 0.508 e. The van der Waals surface area contributed by atoms with Gasteiger partial charge in [-0.1, -0.05) is 23.5 Å².